The molecule has 106 valence electrons. The number of likely N-dealkylation sites (N-methyl/N-ethyl adjacent to an activating group) is 1. The van der Waals surface area contributed by atoms with E-state index in [1.165, 1.54) is 5.56 Å². The predicted octanol–water partition coefficient (Wildman–Crippen LogP) is 1.96. The summed E-state index contributed by atoms with van der Waals surface area (Å²) in [6.07, 6.45) is 0.965. The molecule has 4 heteroatoms. The van der Waals surface area contributed by atoms with E-state index >= 15 is 0 Å². The van der Waals surface area contributed by atoms with E-state index in [0.29, 0.717) is 6.54 Å². The Morgan fingerprint density at radius 3 is 2.74 bits per heavy atom. The van der Waals surface area contributed by atoms with Gasteiger partial charge in [0.1, 0.15) is 5.75 Å². The average molecular weight is 264 g/mol. The third-order valence-electron chi connectivity index (χ3n) is 2.90. The maximum Gasteiger partial charge on any atom is 0.234 e. The highest BCUT2D eigenvalue weighted by Gasteiger charge is 2.07. The van der Waals surface area contributed by atoms with E-state index in [1.54, 1.807) is 7.11 Å². The van der Waals surface area contributed by atoms with Crippen LogP contribution in [0.3, 0.4) is 0 Å². The zero-order valence-corrected chi connectivity index (χ0v) is 12.3. The van der Waals surface area contributed by atoms with Crippen LogP contribution >= 0.6 is 0 Å². The number of nitrogens with zero attached hydrogens (tertiary/aromatic N) is 1. The van der Waals surface area contributed by atoms with Crippen molar-refractivity contribution in [1.82, 2.24) is 10.2 Å². The third-order valence-corrected chi connectivity index (χ3v) is 2.90. The lowest BCUT2D eigenvalue weighted by Gasteiger charge is -2.17. The standard InChI is InChI=1S/C15H24N2O2/c1-5-8-16-15(18)11-17(3)10-13-6-7-14(19-4)12(2)9-13/h6-7,9H,5,8,10-11H2,1-4H3,(H,16,18). The minimum atomic E-state index is 0.0783. The van der Waals surface area contributed by atoms with Crippen molar-refractivity contribution in [3.63, 3.8) is 0 Å². The first kappa shape index (κ1) is 15.5. The van der Waals surface area contributed by atoms with Crippen molar-refractivity contribution in [2.75, 3.05) is 27.2 Å². The van der Waals surface area contributed by atoms with Crippen LogP contribution in [0.1, 0.15) is 24.5 Å². The Bertz CT molecular complexity index is 419. The lowest BCUT2D eigenvalue weighted by molar-refractivity contribution is -0.122. The molecule has 19 heavy (non-hydrogen) atoms. The molecule has 0 unspecified atom stereocenters. The summed E-state index contributed by atoms with van der Waals surface area (Å²) in [7, 11) is 3.62. The van der Waals surface area contributed by atoms with Crippen LogP contribution in [0.2, 0.25) is 0 Å². The summed E-state index contributed by atoms with van der Waals surface area (Å²) in [5.41, 5.74) is 2.30. The average Bonchev–Trinajstić information content (AvgIpc) is 2.36. The Balaban J connectivity index is 2.50. The van der Waals surface area contributed by atoms with Gasteiger partial charge < -0.3 is 10.1 Å². The van der Waals surface area contributed by atoms with Gasteiger partial charge in [0.2, 0.25) is 5.91 Å². The van der Waals surface area contributed by atoms with Gasteiger partial charge >= 0.3 is 0 Å². The van der Waals surface area contributed by atoms with Gasteiger partial charge in [-0.15, -0.1) is 0 Å². The van der Waals surface area contributed by atoms with Gasteiger partial charge in [-0.3, -0.25) is 9.69 Å². The monoisotopic (exact) mass is 264 g/mol. The van der Waals surface area contributed by atoms with Crippen molar-refractivity contribution in [2.24, 2.45) is 0 Å². The fourth-order valence-electron chi connectivity index (χ4n) is 1.97. The number of nitrogens with one attached hydrogen (secondary N) is 1. The van der Waals surface area contributed by atoms with Gasteiger partial charge in [0, 0.05) is 13.1 Å². The summed E-state index contributed by atoms with van der Waals surface area (Å²) in [5, 5.41) is 2.88. The molecule has 0 aliphatic rings. The van der Waals surface area contributed by atoms with Crippen molar-refractivity contribution < 1.29 is 9.53 Å². The first-order valence-corrected chi connectivity index (χ1v) is 6.65. The van der Waals surface area contributed by atoms with E-state index in [-0.39, 0.29) is 5.91 Å². The Labute approximate surface area is 115 Å². The largest absolute Gasteiger partial charge is 0.496 e. The number of carbonyl (C=O) groups is 1. The summed E-state index contributed by atoms with van der Waals surface area (Å²) in [5.74, 6) is 0.974. The van der Waals surface area contributed by atoms with Crippen LogP contribution in [0.25, 0.3) is 0 Å². The maximum absolute atomic E-state index is 11.6. The van der Waals surface area contributed by atoms with Crippen LogP contribution < -0.4 is 10.1 Å². The van der Waals surface area contributed by atoms with Crippen LogP contribution in [-0.4, -0.2) is 38.1 Å². The number of carbonyl (C=O) groups excluding carboxylic acids is 1. The highest BCUT2D eigenvalue weighted by atomic mass is 16.5. The van der Waals surface area contributed by atoms with Gasteiger partial charge in [0.05, 0.1) is 13.7 Å². The zero-order chi connectivity index (χ0) is 14.3. The van der Waals surface area contributed by atoms with Crippen LogP contribution in [0.15, 0.2) is 18.2 Å². The molecule has 0 saturated heterocycles. The molecule has 0 spiro atoms. The first-order valence-electron chi connectivity index (χ1n) is 6.65. The number of hydrogen-bond donors (Lipinski definition) is 1. The van der Waals surface area contributed by atoms with Crippen LogP contribution in [0, 0.1) is 6.92 Å². The second kappa shape index (κ2) is 7.79. The second-order valence-electron chi connectivity index (χ2n) is 4.83. The van der Waals surface area contributed by atoms with Gasteiger partial charge in [0.15, 0.2) is 0 Å². The molecule has 0 bridgehead atoms. The molecule has 0 fully saturated rings. The van der Waals surface area contributed by atoms with Gasteiger partial charge in [-0.25, -0.2) is 0 Å². The van der Waals surface area contributed by atoms with Crippen LogP contribution in [0.4, 0.5) is 0 Å². The topological polar surface area (TPSA) is 41.6 Å². The molecule has 0 aliphatic heterocycles. The van der Waals surface area contributed by atoms with Crippen molar-refractivity contribution >= 4 is 5.91 Å². The molecule has 1 N–H and O–H groups in total. The van der Waals surface area contributed by atoms with Crippen molar-refractivity contribution in [3.05, 3.63) is 29.3 Å². The molecule has 0 radical (unpaired) electrons. The summed E-state index contributed by atoms with van der Waals surface area (Å²) in [6.45, 7) is 5.99. The van der Waals surface area contributed by atoms with Gasteiger partial charge in [0.25, 0.3) is 0 Å². The predicted molar refractivity (Wildman–Crippen MR) is 77.4 cm³/mol. The normalized spacial score (nSPS) is 10.6. The molecule has 1 rings (SSSR count). The third kappa shape index (κ3) is 5.30. The number of hydrogen-bond acceptors (Lipinski definition) is 3. The highest BCUT2D eigenvalue weighted by Crippen LogP contribution is 2.19. The number of ether oxygens (including phenoxy) is 1. The van der Waals surface area contributed by atoms with E-state index in [9.17, 15) is 4.79 Å². The fraction of sp³-hybridized carbons (Fsp3) is 0.533. The van der Waals surface area contributed by atoms with Crippen molar-refractivity contribution in [3.8, 4) is 5.75 Å². The van der Waals surface area contributed by atoms with Gasteiger partial charge in [-0.2, -0.15) is 0 Å². The minimum absolute atomic E-state index is 0.0783. The summed E-state index contributed by atoms with van der Waals surface area (Å²) >= 11 is 0. The molecule has 0 atom stereocenters. The molecule has 0 aromatic heterocycles. The van der Waals surface area contributed by atoms with Gasteiger partial charge in [-0.05, 0) is 37.6 Å². The lowest BCUT2D eigenvalue weighted by Crippen LogP contribution is -2.35. The van der Waals surface area contributed by atoms with E-state index < -0.39 is 0 Å². The minimum Gasteiger partial charge on any atom is -0.496 e. The molecule has 0 aliphatic carbocycles. The molecule has 0 saturated carbocycles. The van der Waals surface area contributed by atoms with E-state index in [1.807, 2.05) is 37.9 Å². The van der Waals surface area contributed by atoms with E-state index in [4.69, 9.17) is 4.74 Å². The van der Waals surface area contributed by atoms with E-state index in [0.717, 1.165) is 30.8 Å². The number of methoxy groups -OCH3 is 1. The Morgan fingerprint density at radius 1 is 1.42 bits per heavy atom. The summed E-state index contributed by atoms with van der Waals surface area (Å²) < 4.78 is 5.24. The Kier molecular flexibility index (Phi) is 6.36. The molecular weight excluding hydrogens is 240 g/mol. The number of amides is 1. The lowest BCUT2D eigenvalue weighted by atomic mass is 10.1. The molecule has 0 heterocycles. The Morgan fingerprint density at radius 2 is 2.16 bits per heavy atom. The number of rotatable bonds is 7. The molecular formula is C15H24N2O2. The van der Waals surface area contributed by atoms with Crippen molar-refractivity contribution in [2.45, 2.75) is 26.8 Å². The maximum atomic E-state index is 11.6. The highest BCUT2D eigenvalue weighted by molar-refractivity contribution is 5.77. The number of benzene rings is 1. The van der Waals surface area contributed by atoms with Crippen molar-refractivity contribution in [1.29, 1.82) is 0 Å². The molecule has 1 aromatic rings. The SMILES string of the molecule is CCCNC(=O)CN(C)Cc1ccc(OC)c(C)c1. The van der Waals surface area contributed by atoms with Crippen LogP contribution in [0.5, 0.6) is 5.75 Å². The molecule has 4 nitrogen and oxygen atoms in total. The van der Waals surface area contributed by atoms with E-state index in [2.05, 4.69) is 11.4 Å². The van der Waals surface area contributed by atoms with Crippen LogP contribution in [-0.2, 0) is 11.3 Å². The smallest absolute Gasteiger partial charge is 0.234 e. The molecule has 1 amide bonds. The Hall–Kier alpha value is -1.55. The molecule has 1 aromatic carbocycles. The van der Waals surface area contributed by atoms with Gasteiger partial charge in [-0.1, -0.05) is 19.1 Å². The quantitative estimate of drug-likeness (QED) is 0.818. The number of aryl methyl sites for hydroxylation is 1. The second-order valence-corrected chi connectivity index (χ2v) is 4.83. The fourth-order valence-corrected chi connectivity index (χ4v) is 1.97. The summed E-state index contributed by atoms with van der Waals surface area (Å²) in [4.78, 5) is 13.6. The summed E-state index contributed by atoms with van der Waals surface area (Å²) in [6, 6.07) is 6.10. The zero-order valence-electron chi connectivity index (χ0n) is 12.3. The first-order chi connectivity index (χ1) is 9.06.